The molecule has 0 saturated carbocycles. The van der Waals surface area contributed by atoms with E-state index in [0.717, 1.165) is 11.8 Å². The zero-order chi connectivity index (χ0) is 12.1. The zero-order valence-electron chi connectivity index (χ0n) is 10.5. The van der Waals surface area contributed by atoms with E-state index in [2.05, 4.69) is 39.3 Å². The van der Waals surface area contributed by atoms with Gasteiger partial charge in [0.1, 0.15) is 5.82 Å². The molecule has 0 bridgehead atoms. The van der Waals surface area contributed by atoms with Crippen molar-refractivity contribution in [3.63, 3.8) is 0 Å². The van der Waals surface area contributed by atoms with E-state index in [9.17, 15) is 0 Å². The normalized spacial score (nSPS) is 28.2. The van der Waals surface area contributed by atoms with E-state index in [1.165, 1.54) is 42.1 Å². The minimum atomic E-state index is 0.839. The largest absolute Gasteiger partial charge is 0.355 e. The third-order valence-corrected chi connectivity index (χ3v) is 5.21. The standard InChI is InChI=1S/C14H17N3S/c1-16-6-10-8-17(9-11(10)7-16)14-12-3-5-18-13(12)2-4-15-14/h2-5,10-11H,6-9H2,1H3. The van der Waals surface area contributed by atoms with Crippen LogP contribution < -0.4 is 4.90 Å². The number of nitrogens with zero attached hydrogens (tertiary/aromatic N) is 3. The van der Waals surface area contributed by atoms with Crippen molar-refractivity contribution in [2.75, 3.05) is 38.1 Å². The van der Waals surface area contributed by atoms with Gasteiger partial charge in [0.05, 0.1) is 0 Å². The first-order chi connectivity index (χ1) is 8.81. The summed E-state index contributed by atoms with van der Waals surface area (Å²) in [6.45, 7) is 4.86. The van der Waals surface area contributed by atoms with Gasteiger partial charge in [-0.05, 0) is 36.4 Å². The van der Waals surface area contributed by atoms with Crippen LogP contribution in [0.4, 0.5) is 5.82 Å². The average Bonchev–Trinajstić information content (AvgIpc) is 3.00. The number of anilines is 1. The van der Waals surface area contributed by atoms with E-state index in [1.54, 1.807) is 0 Å². The summed E-state index contributed by atoms with van der Waals surface area (Å²) in [6, 6.07) is 4.33. The highest BCUT2D eigenvalue weighted by atomic mass is 32.1. The predicted molar refractivity (Wildman–Crippen MR) is 76.3 cm³/mol. The molecule has 18 heavy (non-hydrogen) atoms. The van der Waals surface area contributed by atoms with Crippen LogP contribution in [-0.2, 0) is 0 Å². The van der Waals surface area contributed by atoms with Crippen molar-refractivity contribution < 1.29 is 0 Å². The van der Waals surface area contributed by atoms with Gasteiger partial charge in [0.25, 0.3) is 0 Å². The first-order valence-electron chi connectivity index (χ1n) is 6.57. The van der Waals surface area contributed by atoms with E-state index >= 15 is 0 Å². The molecule has 4 heterocycles. The molecule has 0 radical (unpaired) electrons. The molecule has 2 aliphatic heterocycles. The van der Waals surface area contributed by atoms with Crippen LogP contribution in [0.2, 0.25) is 0 Å². The molecule has 0 amide bonds. The number of rotatable bonds is 1. The van der Waals surface area contributed by atoms with Crippen LogP contribution in [0, 0.1) is 11.8 Å². The molecule has 0 spiro atoms. The fraction of sp³-hybridized carbons (Fsp3) is 0.500. The van der Waals surface area contributed by atoms with Gasteiger partial charge in [-0.3, -0.25) is 0 Å². The monoisotopic (exact) mass is 259 g/mol. The molecule has 4 rings (SSSR count). The summed E-state index contributed by atoms with van der Waals surface area (Å²) in [7, 11) is 2.24. The lowest BCUT2D eigenvalue weighted by molar-refractivity contribution is 0.387. The highest BCUT2D eigenvalue weighted by molar-refractivity contribution is 7.17. The van der Waals surface area contributed by atoms with E-state index in [1.807, 2.05) is 17.5 Å². The molecule has 0 aromatic carbocycles. The number of hydrogen-bond donors (Lipinski definition) is 0. The summed E-state index contributed by atoms with van der Waals surface area (Å²) in [5.74, 6) is 2.88. The Morgan fingerprint density at radius 3 is 2.72 bits per heavy atom. The van der Waals surface area contributed by atoms with Crippen molar-refractivity contribution in [1.82, 2.24) is 9.88 Å². The molecule has 0 N–H and O–H groups in total. The van der Waals surface area contributed by atoms with Gasteiger partial charge in [0.15, 0.2) is 0 Å². The quantitative estimate of drug-likeness (QED) is 0.783. The minimum Gasteiger partial charge on any atom is -0.355 e. The van der Waals surface area contributed by atoms with Crippen LogP contribution in [0.25, 0.3) is 10.1 Å². The maximum atomic E-state index is 4.63. The molecule has 2 unspecified atom stereocenters. The second-order valence-electron chi connectivity index (χ2n) is 5.61. The van der Waals surface area contributed by atoms with E-state index < -0.39 is 0 Å². The minimum absolute atomic E-state index is 0.839. The highest BCUT2D eigenvalue weighted by Crippen LogP contribution is 2.36. The Bertz CT molecular complexity index is 565. The molecular weight excluding hydrogens is 242 g/mol. The van der Waals surface area contributed by atoms with Crippen LogP contribution in [0.3, 0.4) is 0 Å². The van der Waals surface area contributed by atoms with Gasteiger partial charge < -0.3 is 9.80 Å². The molecule has 2 fully saturated rings. The Balaban J connectivity index is 1.67. The van der Waals surface area contributed by atoms with Gasteiger partial charge in [-0.25, -0.2) is 4.98 Å². The average molecular weight is 259 g/mol. The van der Waals surface area contributed by atoms with Crippen LogP contribution in [-0.4, -0.2) is 43.1 Å². The fourth-order valence-electron chi connectivity index (χ4n) is 3.53. The maximum Gasteiger partial charge on any atom is 0.137 e. The van der Waals surface area contributed by atoms with Crippen LogP contribution in [0.1, 0.15) is 0 Å². The SMILES string of the molecule is CN1CC2CN(c3nccc4sccc34)CC2C1. The number of fused-ring (bicyclic) bond motifs is 2. The van der Waals surface area contributed by atoms with Crippen LogP contribution in [0.15, 0.2) is 23.7 Å². The predicted octanol–water partition coefficient (Wildman–Crippen LogP) is 2.29. The lowest BCUT2D eigenvalue weighted by atomic mass is 10.0. The molecule has 2 aromatic rings. The highest BCUT2D eigenvalue weighted by Gasteiger charge is 2.39. The third kappa shape index (κ3) is 1.56. The van der Waals surface area contributed by atoms with E-state index in [0.29, 0.717) is 0 Å². The van der Waals surface area contributed by atoms with Gasteiger partial charge in [0, 0.05) is 42.5 Å². The molecule has 3 nitrogen and oxygen atoms in total. The van der Waals surface area contributed by atoms with Gasteiger partial charge in [-0.2, -0.15) is 0 Å². The topological polar surface area (TPSA) is 19.4 Å². The second kappa shape index (κ2) is 3.93. The van der Waals surface area contributed by atoms with Gasteiger partial charge >= 0.3 is 0 Å². The van der Waals surface area contributed by atoms with Crippen molar-refractivity contribution in [2.45, 2.75) is 0 Å². The van der Waals surface area contributed by atoms with Crippen LogP contribution in [0.5, 0.6) is 0 Å². The van der Waals surface area contributed by atoms with E-state index in [-0.39, 0.29) is 0 Å². The smallest absolute Gasteiger partial charge is 0.137 e. The maximum absolute atomic E-state index is 4.63. The molecule has 0 aliphatic carbocycles. The summed E-state index contributed by atoms with van der Waals surface area (Å²) in [5.41, 5.74) is 0. The number of hydrogen-bond acceptors (Lipinski definition) is 4. The molecule has 2 saturated heterocycles. The van der Waals surface area contributed by atoms with Gasteiger partial charge in [-0.1, -0.05) is 0 Å². The number of aromatic nitrogens is 1. The van der Waals surface area contributed by atoms with Crippen molar-refractivity contribution in [3.8, 4) is 0 Å². The summed E-state index contributed by atoms with van der Waals surface area (Å²) in [4.78, 5) is 9.59. The first-order valence-corrected chi connectivity index (χ1v) is 7.45. The molecule has 2 aliphatic rings. The first kappa shape index (κ1) is 10.8. The summed E-state index contributed by atoms with van der Waals surface area (Å²) in [5, 5.41) is 3.50. The Hall–Kier alpha value is -1.13. The molecule has 4 heteroatoms. The van der Waals surface area contributed by atoms with Crippen molar-refractivity contribution in [2.24, 2.45) is 11.8 Å². The molecule has 94 valence electrons. The van der Waals surface area contributed by atoms with Crippen molar-refractivity contribution >= 4 is 27.2 Å². The number of pyridine rings is 1. The summed E-state index contributed by atoms with van der Waals surface area (Å²) >= 11 is 1.81. The molecular formula is C14H17N3S. The zero-order valence-corrected chi connectivity index (χ0v) is 11.4. The fourth-order valence-corrected chi connectivity index (χ4v) is 4.31. The van der Waals surface area contributed by atoms with E-state index in [4.69, 9.17) is 0 Å². The van der Waals surface area contributed by atoms with Crippen molar-refractivity contribution in [1.29, 1.82) is 0 Å². The Labute approximate surface area is 111 Å². The molecule has 2 aromatic heterocycles. The van der Waals surface area contributed by atoms with Gasteiger partial charge in [-0.15, -0.1) is 11.3 Å². The molecule has 2 atom stereocenters. The summed E-state index contributed by atoms with van der Waals surface area (Å²) in [6.07, 6.45) is 1.95. The van der Waals surface area contributed by atoms with Crippen molar-refractivity contribution in [3.05, 3.63) is 23.7 Å². The lowest BCUT2D eigenvalue weighted by Crippen LogP contribution is -2.27. The Morgan fingerprint density at radius 2 is 1.94 bits per heavy atom. The second-order valence-corrected chi connectivity index (χ2v) is 6.56. The Morgan fingerprint density at radius 1 is 1.17 bits per heavy atom. The lowest BCUT2D eigenvalue weighted by Gasteiger charge is -2.20. The number of thiophene rings is 1. The van der Waals surface area contributed by atoms with Crippen LogP contribution >= 0.6 is 11.3 Å². The Kier molecular flexibility index (Phi) is 2.35. The summed E-state index contributed by atoms with van der Waals surface area (Å²) < 4.78 is 1.36. The number of likely N-dealkylation sites (tertiary alicyclic amines) is 1. The van der Waals surface area contributed by atoms with Gasteiger partial charge in [0.2, 0.25) is 0 Å². The third-order valence-electron chi connectivity index (χ3n) is 4.33.